The molecule has 0 radical (unpaired) electrons. The maximum atomic E-state index is 4.84. The van der Waals surface area contributed by atoms with Gasteiger partial charge in [-0.2, -0.15) is 0 Å². The molecule has 3 aliphatic heterocycles. The normalized spacial score (nSPS) is 46.1. The Kier molecular flexibility index (Phi) is 0.590. The predicted molar refractivity (Wildman–Crippen MR) is 22.4 cm³/mol. The van der Waals surface area contributed by atoms with Crippen molar-refractivity contribution in [1.82, 2.24) is 0 Å². The van der Waals surface area contributed by atoms with Gasteiger partial charge in [0, 0.05) is 0 Å². The van der Waals surface area contributed by atoms with Crippen molar-refractivity contribution in [3.63, 3.8) is 0 Å². The molecule has 0 aromatic carbocycles. The van der Waals surface area contributed by atoms with Crippen LogP contribution in [0.4, 0.5) is 0 Å². The Balaban J connectivity index is 2.03. The summed E-state index contributed by atoms with van der Waals surface area (Å²) in [6.45, 7) is -0.383. The summed E-state index contributed by atoms with van der Waals surface area (Å²) in [7, 11) is -0.812. The Hall–Kier alpha value is 0.270. The number of hydrogen-bond acceptors (Lipinski definition) is 4. The third-order valence-electron chi connectivity index (χ3n) is 0.972. The molecule has 0 unspecified atom stereocenters. The molecule has 0 aromatic rings. The molecule has 0 spiro atoms. The molecule has 0 aliphatic carbocycles. The van der Waals surface area contributed by atoms with E-state index in [4.69, 9.17) is 18.1 Å². The van der Waals surface area contributed by atoms with Gasteiger partial charge in [-0.15, -0.1) is 0 Å². The minimum absolute atomic E-state index is 0.383. The van der Waals surface area contributed by atoms with Crippen LogP contribution in [0.25, 0.3) is 0 Å². The fourth-order valence-electron chi connectivity index (χ4n) is 0.524. The van der Waals surface area contributed by atoms with E-state index in [2.05, 4.69) is 0 Å². The summed E-state index contributed by atoms with van der Waals surface area (Å²) < 4.78 is 19.2. The first-order chi connectivity index (χ1) is 3.35. The Morgan fingerprint density at radius 2 is 2.00 bits per heavy atom. The summed E-state index contributed by atoms with van der Waals surface area (Å²) in [4.78, 5) is 0. The average molecular weight is 124 g/mol. The number of hydrogen-bond donors (Lipinski definition) is 0. The molecule has 0 saturated carbocycles. The Labute approximate surface area is 41.0 Å². The molecule has 0 aromatic heterocycles. The van der Waals surface area contributed by atoms with E-state index in [9.17, 15) is 0 Å². The Bertz CT molecular complexity index is 80.8. The van der Waals surface area contributed by atoms with Crippen LogP contribution in [0.2, 0.25) is 0 Å². The Morgan fingerprint density at radius 3 is 2.00 bits per heavy atom. The van der Waals surface area contributed by atoms with Gasteiger partial charge < -0.3 is 0 Å². The fourth-order valence-corrected chi connectivity index (χ4v) is 1.57. The van der Waals surface area contributed by atoms with Crippen molar-refractivity contribution >= 4 is 8.17 Å². The second kappa shape index (κ2) is 0.989. The van der Waals surface area contributed by atoms with E-state index in [0.717, 1.165) is 0 Å². The summed E-state index contributed by atoms with van der Waals surface area (Å²) >= 11 is 0. The van der Waals surface area contributed by atoms with Crippen molar-refractivity contribution in [3.05, 3.63) is 0 Å². The van der Waals surface area contributed by atoms with E-state index < -0.39 is 8.17 Å². The van der Waals surface area contributed by atoms with Crippen LogP contribution in [0, 0.1) is 0 Å². The predicted octanol–water partition coefficient (Wildman–Crippen LogP) is 0.403. The zero-order chi connectivity index (χ0) is 4.91. The molecule has 2 bridgehead atoms. The van der Waals surface area contributed by atoms with Crippen LogP contribution in [-0.4, -0.2) is 13.6 Å². The van der Waals surface area contributed by atoms with Gasteiger partial charge in [0.25, 0.3) is 0 Å². The van der Waals surface area contributed by atoms with Crippen molar-refractivity contribution in [3.8, 4) is 0 Å². The first-order valence-electron chi connectivity index (χ1n) is 1.93. The maximum absolute atomic E-state index is 4.84. The van der Waals surface area contributed by atoms with Crippen LogP contribution in [0.5, 0.6) is 0 Å². The summed E-state index contributed by atoms with van der Waals surface area (Å²) in [5.74, 6) is 0. The van der Waals surface area contributed by atoms with Gasteiger partial charge in [-0.1, -0.05) is 0 Å². The number of rotatable bonds is 1. The van der Waals surface area contributed by atoms with Gasteiger partial charge in [0.05, 0.1) is 0 Å². The third-order valence-corrected chi connectivity index (χ3v) is 2.92. The summed E-state index contributed by atoms with van der Waals surface area (Å²) in [5, 5.41) is 0. The molecule has 42 valence electrons. The van der Waals surface area contributed by atoms with E-state index >= 15 is 0 Å². The van der Waals surface area contributed by atoms with Gasteiger partial charge in [0.1, 0.15) is 0 Å². The van der Waals surface area contributed by atoms with E-state index in [0.29, 0.717) is 0 Å². The molecule has 0 amide bonds. The molecule has 3 aliphatic rings. The van der Waals surface area contributed by atoms with Crippen LogP contribution in [0.3, 0.4) is 0 Å². The third kappa shape index (κ3) is 0.342. The van der Waals surface area contributed by atoms with Crippen LogP contribution in [0.1, 0.15) is 0 Å². The van der Waals surface area contributed by atoms with Crippen molar-refractivity contribution < 1.29 is 18.1 Å². The topological polar surface area (TPSA) is 36.9 Å². The van der Waals surface area contributed by atoms with Crippen LogP contribution >= 0.6 is 8.17 Å². The first-order valence-corrected chi connectivity index (χ1v) is 3.56. The fraction of sp³-hybridized carbons (Fsp3) is 1.00. The SMILES string of the molecule is CO[PH]12OC(O1)O2. The van der Waals surface area contributed by atoms with Crippen molar-refractivity contribution in [1.29, 1.82) is 0 Å². The zero-order valence-electron chi connectivity index (χ0n) is 3.71. The summed E-state index contributed by atoms with van der Waals surface area (Å²) in [5.41, 5.74) is 0. The summed E-state index contributed by atoms with van der Waals surface area (Å²) in [6.07, 6.45) is 0. The van der Waals surface area contributed by atoms with Crippen LogP contribution in [-0.2, 0) is 18.1 Å². The molecule has 7 heavy (non-hydrogen) atoms. The van der Waals surface area contributed by atoms with Crippen LogP contribution in [0.15, 0.2) is 0 Å². The molecular formula is C2H5O4P. The van der Waals surface area contributed by atoms with E-state index in [1.54, 1.807) is 0 Å². The van der Waals surface area contributed by atoms with Crippen molar-refractivity contribution in [2.24, 2.45) is 0 Å². The standard InChI is InChI=1S/C2H5O4P/c1-3-7-4-2(5-7)6-7/h2,7H,1H3. The van der Waals surface area contributed by atoms with E-state index in [1.807, 2.05) is 0 Å². The monoisotopic (exact) mass is 124 g/mol. The minimum atomic E-state index is -2.33. The molecule has 3 saturated heterocycles. The second-order valence-corrected chi connectivity index (χ2v) is 3.46. The molecule has 0 N–H and O–H groups in total. The van der Waals surface area contributed by atoms with Crippen molar-refractivity contribution in [2.45, 2.75) is 6.48 Å². The average Bonchev–Trinajstić information content (AvgIpc) is 1.25. The molecule has 3 fully saturated rings. The Morgan fingerprint density at radius 1 is 1.43 bits per heavy atom. The quantitative estimate of drug-likeness (QED) is 0.474. The molecule has 3 heterocycles. The summed E-state index contributed by atoms with van der Waals surface area (Å²) in [6, 6.07) is 0. The van der Waals surface area contributed by atoms with Crippen molar-refractivity contribution in [2.75, 3.05) is 7.11 Å². The van der Waals surface area contributed by atoms with Gasteiger partial charge in [0.15, 0.2) is 0 Å². The molecule has 5 heteroatoms. The second-order valence-electron chi connectivity index (χ2n) is 1.35. The van der Waals surface area contributed by atoms with Gasteiger partial charge in [-0.05, 0) is 0 Å². The zero-order valence-corrected chi connectivity index (χ0v) is 4.71. The van der Waals surface area contributed by atoms with Gasteiger partial charge in [0.2, 0.25) is 0 Å². The molecule has 4 nitrogen and oxygen atoms in total. The van der Waals surface area contributed by atoms with Gasteiger partial charge >= 0.3 is 39.9 Å². The van der Waals surface area contributed by atoms with E-state index in [1.165, 1.54) is 7.11 Å². The van der Waals surface area contributed by atoms with E-state index in [-0.39, 0.29) is 6.48 Å². The molecular weight excluding hydrogens is 119 g/mol. The van der Waals surface area contributed by atoms with Gasteiger partial charge in [-0.3, -0.25) is 0 Å². The molecule has 0 atom stereocenters. The first kappa shape index (κ1) is 4.18. The molecule has 3 rings (SSSR count). The van der Waals surface area contributed by atoms with Crippen LogP contribution < -0.4 is 0 Å². The van der Waals surface area contributed by atoms with Gasteiger partial charge in [-0.25, -0.2) is 0 Å².